The zero-order chi connectivity index (χ0) is 15.1. The summed E-state index contributed by atoms with van der Waals surface area (Å²) in [6.45, 7) is 7.06. The van der Waals surface area contributed by atoms with Gasteiger partial charge in [-0.3, -0.25) is 4.90 Å². The molecular weight excluding hydrogens is 270 g/mol. The van der Waals surface area contributed by atoms with Gasteiger partial charge < -0.3 is 14.4 Å². The van der Waals surface area contributed by atoms with Crippen molar-refractivity contribution >= 4 is 0 Å². The van der Waals surface area contributed by atoms with Crippen molar-refractivity contribution in [2.75, 3.05) is 33.4 Å². The van der Waals surface area contributed by atoms with Gasteiger partial charge in [-0.15, -0.1) is 6.58 Å². The highest BCUT2D eigenvalue weighted by Gasteiger charge is 2.34. The van der Waals surface area contributed by atoms with E-state index in [4.69, 9.17) is 9.26 Å². The molecule has 6 heteroatoms. The second-order valence-electron chi connectivity index (χ2n) is 5.81. The molecule has 1 N–H and O–H groups in total. The van der Waals surface area contributed by atoms with E-state index in [-0.39, 0.29) is 12.0 Å². The molecule has 1 aromatic heterocycles. The zero-order valence-electron chi connectivity index (χ0n) is 12.8. The lowest BCUT2D eigenvalue weighted by Gasteiger charge is -2.40. The topological polar surface area (TPSA) is 71.6 Å². The Morgan fingerprint density at radius 1 is 1.57 bits per heavy atom. The molecule has 2 heterocycles. The molecule has 21 heavy (non-hydrogen) atoms. The van der Waals surface area contributed by atoms with Crippen LogP contribution in [0.5, 0.6) is 0 Å². The van der Waals surface area contributed by atoms with Crippen molar-refractivity contribution in [1.29, 1.82) is 0 Å². The van der Waals surface area contributed by atoms with Crippen LogP contribution in [0.15, 0.2) is 17.2 Å². The zero-order valence-corrected chi connectivity index (χ0v) is 12.8. The maximum absolute atomic E-state index is 9.72. The highest BCUT2D eigenvalue weighted by Crippen LogP contribution is 2.33. The van der Waals surface area contributed by atoms with Crippen LogP contribution in [0.2, 0.25) is 0 Å². The summed E-state index contributed by atoms with van der Waals surface area (Å²) in [5.74, 6) is 1.32. The van der Waals surface area contributed by atoms with Crippen molar-refractivity contribution in [2.24, 2.45) is 5.41 Å². The number of ether oxygens (including phenoxy) is 1. The van der Waals surface area contributed by atoms with Crippen LogP contribution in [-0.2, 0) is 17.7 Å². The molecule has 1 aliphatic heterocycles. The summed E-state index contributed by atoms with van der Waals surface area (Å²) >= 11 is 0. The molecule has 2 rings (SSSR count). The third kappa shape index (κ3) is 4.36. The number of allylic oxidation sites excluding steroid dienone is 1. The molecule has 1 aliphatic rings. The molecule has 0 aliphatic carbocycles. The molecule has 0 unspecified atom stereocenters. The van der Waals surface area contributed by atoms with E-state index in [2.05, 4.69) is 21.6 Å². The van der Waals surface area contributed by atoms with Crippen LogP contribution >= 0.6 is 0 Å². The van der Waals surface area contributed by atoms with Gasteiger partial charge in [-0.25, -0.2) is 0 Å². The van der Waals surface area contributed by atoms with Gasteiger partial charge in [0, 0.05) is 25.5 Å². The molecule has 1 aromatic rings. The fourth-order valence-electron chi connectivity index (χ4n) is 2.95. The summed E-state index contributed by atoms with van der Waals surface area (Å²) in [7, 11) is 1.66. The summed E-state index contributed by atoms with van der Waals surface area (Å²) in [5, 5.41) is 13.7. The van der Waals surface area contributed by atoms with Crippen LogP contribution in [0.4, 0.5) is 0 Å². The molecule has 0 bridgehead atoms. The maximum Gasteiger partial charge on any atom is 0.240 e. The Morgan fingerprint density at radius 3 is 3.14 bits per heavy atom. The molecule has 0 saturated carbocycles. The van der Waals surface area contributed by atoms with Crippen LogP contribution in [-0.4, -0.2) is 53.6 Å². The van der Waals surface area contributed by atoms with Gasteiger partial charge in [0.25, 0.3) is 0 Å². The SMILES string of the molecule is C=CC[C@]1(CO)CCCN(Cc2nc(CCOC)no2)C1. The van der Waals surface area contributed by atoms with E-state index in [1.165, 1.54) is 0 Å². The third-order valence-electron chi connectivity index (χ3n) is 4.05. The molecule has 1 saturated heterocycles. The minimum Gasteiger partial charge on any atom is -0.396 e. The van der Waals surface area contributed by atoms with Crippen LogP contribution in [0.25, 0.3) is 0 Å². The molecule has 0 spiro atoms. The third-order valence-corrected chi connectivity index (χ3v) is 4.05. The van der Waals surface area contributed by atoms with Crippen LogP contribution in [0.1, 0.15) is 31.0 Å². The Bertz CT molecular complexity index is 449. The molecular formula is C15H25N3O3. The predicted octanol–water partition coefficient (Wildman–Crippen LogP) is 1.41. The summed E-state index contributed by atoms with van der Waals surface area (Å²) in [6, 6.07) is 0. The second-order valence-corrected chi connectivity index (χ2v) is 5.81. The number of piperidine rings is 1. The molecule has 1 atom stereocenters. The lowest BCUT2D eigenvalue weighted by molar-refractivity contribution is 0.0266. The van der Waals surface area contributed by atoms with Gasteiger partial charge in [0.05, 0.1) is 19.8 Å². The van der Waals surface area contributed by atoms with Crippen LogP contribution in [0.3, 0.4) is 0 Å². The summed E-state index contributed by atoms with van der Waals surface area (Å²) < 4.78 is 10.3. The minimum absolute atomic E-state index is 0.0705. The summed E-state index contributed by atoms with van der Waals surface area (Å²) in [4.78, 5) is 6.65. The Labute approximate surface area is 125 Å². The van der Waals surface area contributed by atoms with Gasteiger partial charge >= 0.3 is 0 Å². The maximum atomic E-state index is 9.72. The Morgan fingerprint density at radius 2 is 2.43 bits per heavy atom. The first-order valence-electron chi connectivity index (χ1n) is 7.46. The number of methoxy groups -OCH3 is 1. The summed E-state index contributed by atoms with van der Waals surface area (Å²) in [6.07, 6.45) is 5.50. The van der Waals surface area contributed by atoms with Gasteiger partial charge in [-0.2, -0.15) is 4.98 Å². The van der Waals surface area contributed by atoms with Gasteiger partial charge in [0.2, 0.25) is 5.89 Å². The van der Waals surface area contributed by atoms with Crippen LogP contribution < -0.4 is 0 Å². The van der Waals surface area contributed by atoms with Crippen molar-refractivity contribution in [3.63, 3.8) is 0 Å². The molecule has 0 aromatic carbocycles. The average molecular weight is 295 g/mol. The lowest BCUT2D eigenvalue weighted by Crippen LogP contribution is -2.44. The number of likely N-dealkylation sites (tertiary alicyclic amines) is 1. The van der Waals surface area contributed by atoms with Crippen LogP contribution in [0, 0.1) is 5.41 Å². The van der Waals surface area contributed by atoms with Gasteiger partial charge in [0.15, 0.2) is 5.82 Å². The number of aromatic nitrogens is 2. The fourth-order valence-corrected chi connectivity index (χ4v) is 2.95. The van der Waals surface area contributed by atoms with Crippen molar-refractivity contribution in [2.45, 2.75) is 32.2 Å². The predicted molar refractivity (Wildman–Crippen MR) is 78.7 cm³/mol. The number of hydrogen-bond donors (Lipinski definition) is 1. The first-order valence-corrected chi connectivity index (χ1v) is 7.46. The molecule has 6 nitrogen and oxygen atoms in total. The molecule has 1 fully saturated rings. The minimum atomic E-state index is -0.0705. The van der Waals surface area contributed by atoms with E-state index in [0.29, 0.717) is 31.3 Å². The molecule has 118 valence electrons. The van der Waals surface area contributed by atoms with E-state index in [0.717, 1.165) is 32.4 Å². The van der Waals surface area contributed by atoms with Gasteiger partial charge in [0.1, 0.15) is 0 Å². The summed E-state index contributed by atoms with van der Waals surface area (Å²) in [5.41, 5.74) is -0.0705. The van der Waals surface area contributed by atoms with Crippen molar-refractivity contribution in [1.82, 2.24) is 15.0 Å². The van der Waals surface area contributed by atoms with E-state index >= 15 is 0 Å². The fraction of sp³-hybridized carbons (Fsp3) is 0.733. The van der Waals surface area contributed by atoms with E-state index in [1.54, 1.807) is 7.11 Å². The number of aliphatic hydroxyl groups excluding tert-OH is 1. The average Bonchev–Trinajstić information content (AvgIpc) is 2.93. The van der Waals surface area contributed by atoms with E-state index in [9.17, 15) is 5.11 Å². The van der Waals surface area contributed by atoms with E-state index in [1.807, 2.05) is 6.08 Å². The Hall–Kier alpha value is -1.24. The van der Waals surface area contributed by atoms with Crippen molar-refractivity contribution in [3.05, 3.63) is 24.4 Å². The lowest BCUT2D eigenvalue weighted by atomic mass is 9.78. The Balaban J connectivity index is 1.92. The Kier molecular flexibility index (Phi) is 5.90. The van der Waals surface area contributed by atoms with Gasteiger partial charge in [-0.1, -0.05) is 11.2 Å². The normalized spacial score (nSPS) is 23.3. The van der Waals surface area contributed by atoms with E-state index < -0.39 is 0 Å². The number of rotatable bonds is 8. The standard InChI is InChI=1S/C15H25N3O3/c1-3-6-15(12-19)7-4-8-18(11-15)10-14-16-13(17-21-14)5-9-20-2/h3,19H,1,4-12H2,2H3/t15-/m0/s1. The first kappa shape index (κ1) is 16.1. The highest BCUT2D eigenvalue weighted by molar-refractivity contribution is 4.94. The second kappa shape index (κ2) is 7.68. The first-order chi connectivity index (χ1) is 10.2. The van der Waals surface area contributed by atoms with Gasteiger partial charge in [-0.05, 0) is 25.8 Å². The number of hydrogen-bond acceptors (Lipinski definition) is 6. The van der Waals surface area contributed by atoms with Crippen molar-refractivity contribution < 1.29 is 14.4 Å². The number of aliphatic hydroxyl groups is 1. The van der Waals surface area contributed by atoms with Crippen molar-refractivity contribution in [3.8, 4) is 0 Å². The highest BCUT2D eigenvalue weighted by atomic mass is 16.5. The molecule has 0 radical (unpaired) electrons. The molecule has 0 amide bonds. The quantitative estimate of drug-likeness (QED) is 0.731. The smallest absolute Gasteiger partial charge is 0.240 e. The monoisotopic (exact) mass is 295 g/mol. The number of nitrogens with zero attached hydrogens (tertiary/aromatic N) is 3. The largest absolute Gasteiger partial charge is 0.396 e.